The van der Waals surface area contributed by atoms with E-state index in [1.54, 1.807) is 20.8 Å². The summed E-state index contributed by atoms with van der Waals surface area (Å²) < 4.78 is 0. The van der Waals surface area contributed by atoms with Crippen LogP contribution in [0.2, 0.25) is 0 Å². The first-order valence-electron chi connectivity index (χ1n) is 12.1. The Morgan fingerprint density at radius 3 is 1.97 bits per heavy atom. The van der Waals surface area contributed by atoms with Gasteiger partial charge in [0.05, 0.1) is 6.04 Å². The SMILES string of the molecule is CCC(C)C(NC(=O)C(CCC(N)=O)NC(=O)C(N)Cc1ccccc1)C(=O)NC(C(=O)O)C(C)C. The Balaban J connectivity index is 3.02. The number of nitrogens with one attached hydrogen (secondary N) is 3. The summed E-state index contributed by atoms with van der Waals surface area (Å²) in [5, 5.41) is 17.1. The lowest BCUT2D eigenvalue weighted by Crippen LogP contribution is -2.59. The fourth-order valence-electron chi connectivity index (χ4n) is 3.51. The molecule has 1 rings (SSSR count). The van der Waals surface area contributed by atoms with Gasteiger partial charge in [-0.3, -0.25) is 19.2 Å². The molecule has 4 amide bonds. The molecule has 11 heteroatoms. The van der Waals surface area contributed by atoms with Crippen molar-refractivity contribution in [3.63, 3.8) is 0 Å². The molecule has 36 heavy (non-hydrogen) atoms. The highest BCUT2D eigenvalue weighted by Gasteiger charge is 2.33. The lowest BCUT2D eigenvalue weighted by Gasteiger charge is -2.28. The quantitative estimate of drug-likeness (QED) is 0.194. The second-order valence-corrected chi connectivity index (χ2v) is 9.30. The molecule has 0 aromatic heterocycles. The third kappa shape index (κ3) is 10.0. The number of carboxylic acids is 1. The molecule has 8 N–H and O–H groups in total. The Bertz CT molecular complexity index is 907. The molecule has 5 unspecified atom stereocenters. The molecule has 0 spiro atoms. The van der Waals surface area contributed by atoms with Gasteiger partial charge < -0.3 is 32.5 Å². The predicted molar refractivity (Wildman–Crippen MR) is 134 cm³/mol. The minimum absolute atomic E-state index is 0.0937. The van der Waals surface area contributed by atoms with Crippen molar-refractivity contribution < 1.29 is 29.1 Å². The maximum atomic E-state index is 13.1. The van der Waals surface area contributed by atoms with Gasteiger partial charge in [0.1, 0.15) is 18.1 Å². The molecule has 0 saturated heterocycles. The molecule has 1 aromatic rings. The number of carbonyl (C=O) groups excluding carboxylic acids is 4. The Morgan fingerprint density at radius 1 is 0.889 bits per heavy atom. The van der Waals surface area contributed by atoms with Crippen LogP contribution >= 0.6 is 0 Å². The Hall–Kier alpha value is -3.47. The average Bonchev–Trinajstić information content (AvgIpc) is 2.82. The van der Waals surface area contributed by atoms with Crippen LogP contribution in [-0.4, -0.2) is 58.9 Å². The van der Waals surface area contributed by atoms with Crippen molar-refractivity contribution in [2.75, 3.05) is 0 Å². The van der Waals surface area contributed by atoms with E-state index >= 15 is 0 Å². The van der Waals surface area contributed by atoms with Crippen LogP contribution in [0.4, 0.5) is 0 Å². The lowest BCUT2D eigenvalue weighted by molar-refractivity contribution is -0.144. The number of nitrogens with two attached hydrogens (primary N) is 2. The van der Waals surface area contributed by atoms with Gasteiger partial charge >= 0.3 is 5.97 Å². The molecule has 0 aliphatic carbocycles. The fraction of sp³-hybridized carbons (Fsp3) is 0.560. The largest absolute Gasteiger partial charge is 0.480 e. The van der Waals surface area contributed by atoms with Crippen molar-refractivity contribution >= 4 is 29.6 Å². The van der Waals surface area contributed by atoms with Crippen molar-refractivity contribution in [1.29, 1.82) is 0 Å². The van der Waals surface area contributed by atoms with Crippen LogP contribution in [0, 0.1) is 11.8 Å². The van der Waals surface area contributed by atoms with Gasteiger partial charge in [0.15, 0.2) is 0 Å². The monoisotopic (exact) mass is 505 g/mol. The molecule has 0 fully saturated rings. The average molecular weight is 506 g/mol. The highest BCUT2D eigenvalue weighted by atomic mass is 16.4. The summed E-state index contributed by atoms with van der Waals surface area (Å²) in [6, 6.07) is 4.79. The number of carbonyl (C=O) groups is 5. The molecule has 0 radical (unpaired) electrons. The lowest BCUT2D eigenvalue weighted by atomic mass is 9.96. The number of benzene rings is 1. The van der Waals surface area contributed by atoms with E-state index in [0.717, 1.165) is 5.56 Å². The van der Waals surface area contributed by atoms with Gasteiger partial charge in [0, 0.05) is 6.42 Å². The van der Waals surface area contributed by atoms with Gasteiger partial charge in [0.25, 0.3) is 0 Å². The number of aliphatic carboxylic acids is 1. The van der Waals surface area contributed by atoms with Crippen LogP contribution in [0.3, 0.4) is 0 Å². The standard InChI is InChI=1S/C25H39N5O6/c1-5-15(4)21(24(34)29-20(14(2)3)25(35)36)30-23(33)18(11-12-19(27)31)28-22(32)17(26)13-16-9-7-6-8-10-16/h6-10,14-15,17-18,20-21H,5,11-13,26H2,1-4H3,(H2,27,31)(H,28,32)(H,29,34)(H,30,33)(H,35,36). The topological polar surface area (TPSA) is 194 Å². The summed E-state index contributed by atoms with van der Waals surface area (Å²) in [4.78, 5) is 61.7. The van der Waals surface area contributed by atoms with Crippen LogP contribution in [0.15, 0.2) is 30.3 Å². The first-order valence-corrected chi connectivity index (χ1v) is 12.1. The van der Waals surface area contributed by atoms with Crippen LogP contribution in [-0.2, 0) is 30.4 Å². The second kappa shape index (κ2) is 14.8. The summed E-state index contributed by atoms with van der Waals surface area (Å²) in [5.41, 5.74) is 12.1. The van der Waals surface area contributed by atoms with Crippen molar-refractivity contribution in [3.8, 4) is 0 Å². The van der Waals surface area contributed by atoms with E-state index in [1.807, 2.05) is 37.3 Å². The molecule has 0 saturated carbocycles. The Morgan fingerprint density at radius 2 is 1.47 bits per heavy atom. The molecular weight excluding hydrogens is 466 g/mol. The maximum Gasteiger partial charge on any atom is 0.326 e. The van der Waals surface area contributed by atoms with Gasteiger partial charge in [-0.2, -0.15) is 0 Å². The number of primary amides is 1. The van der Waals surface area contributed by atoms with Gasteiger partial charge in [-0.25, -0.2) is 4.79 Å². The molecule has 200 valence electrons. The molecule has 0 heterocycles. The first-order chi connectivity index (χ1) is 16.9. The second-order valence-electron chi connectivity index (χ2n) is 9.30. The van der Waals surface area contributed by atoms with Crippen molar-refractivity contribution in [3.05, 3.63) is 35.9 Å². The zero-order valence-corrected chi connectivity index (χ0v) is 21.3. The molecule has 0 bridgehead atoms. The summed E-state index contributed by atoms with van der Waals surface area (Å²) in [6.45, 7) is 6.87. The third-order valence-corrected chi connectivity index (χ3v) is 5.97. The van der Waals surface area contributed by atoms with Crippen LogP contribution in [0.1, 0.15) is 52.5 Å². The van der Waals surface area contributed by atoms with E-state index < -0.39 is 53.8 Å². The predicted octanol–water partition coefficient (Wildman–Crippen LogP) is 0.0630. The smallest absolute Gasteiger partial charge is 0.326 e. The van der Waals surface area contributed by atoms with E-state index in [1.165, 1.54) is 0 Å². The van der Waals surface area contributed by atoms with Crippen LogP contribution in [0.25, 0.3) is 0 Å². The molecule has 11 nitrogen and oxygen atoms in total. The van der Waals surface area contributed by atoms with E-state index in [2.05, 4.69) is 16.0 Å². The van der Waals surface area contributed by atoms with Gasteiger partial charge in [0.2, 0.25) is 23.6 Å². The summed E-state index contributed by atoms with van der Waals surface area (Å²) in [6.07, 6.45) is 0.475. The minimum atomic E-state index is -1.19. The molecular formula is C25H39N5O6. The van der Waals surface area contributed by atoms with Crippen molar-refractivity contribution in [1.82, 2.24) is 16.0 Å². The molecule has 5 atom stereocenters. The number of amides is 4. The van der Waals surface area contributed by atoms with Gasteiger partial charge in [-0.1, -0.05) is 64.4 Å². The number of hydrogen-bond acceptors (Lipinski definition) is 6. The molecule has 0 aliphatic rings. The van der Waals surface area contributed by atoms with Gasteiger partial charge in [-0.15, -0.1) is 0 Å². The Kier molecular flexibility index (Phi) is 12.6. The van der Waals surface area contributed by atoms with E-state index in [4.69, 9.17) is 11.5 Å². The summed E-state index contributed by atoms with van der Waals surface area (Å²) >= 11 is 0. The molecule has 1 aromatic carbocycles. The molecule has 0 aliphatic heterocycles. The summed E-state index contributed by atoms with van der Waals surface area (Å²) in [7, 11) is 0. The normalized spacial score (nSPS) is 15.2. The maximum absolute atomic E-state index is 13.1. The number of hydrogen-bond donors (Lipinski definition) is 6. The van der Waals surface area contributed by atoms with Crippen LogP contribution < -0.4 is 27.4 Å². The number of carboxylic acid groups (broad SMARTS) is 1. The number of rotatable bonds is 15. The van der Waals surface area contributed by atoms with E-state index in [0.29, 0.717) is 6.42 Å². The zero-order chi connectivity index (χ0) is 27.4. The van der Waals surface area contributed by atoms with Gasteiger partial charge in [-0.05, 0) is 30.2 Å². The zero-order valence-electron chi connectivity index (χ0n) is 21.3. The highest BCUT2D eigenvalue weighted by molar-refractivity contribution is 5.94. The van der Waals surface area contributed by atoms with E-state index in [9.17, 15) is 29.1 Å². The third-order valence-electron chi connectivity index (χ3n) is 5.97. The van der Waals surface area contributed by atoms with E-state index in [-0.39, 0.29) is 31.1 Å². The fourth-order valence-corrected chi connectivity index (χ4v) is 3.51. The van der Waals surface area contributed by atoms with Crippen molar-refractivity contribution in [2.24, 2.45) is 23.3 Å². The highest BCUT2D eigenvalue weighted by Crippen LogP contribution is 2.12. The summed E-state index contributed by atoms with van der Waals surface area (Å²) in [5.74, 6) is -4.52. The Labute approximate surface area is 211 Å². The van der Waals surface area contributed by atoms with Crippen LogP contribution in [0.5, 0.6) is 0 Å². The van der Waals surface area contributed by atoms with Crippen molar-refractivity contribution in [2.45, 2.75) is 77.5 Å². The first kappa shape index (κ1) is 30.6. The minimum Gasteiger partial charge on any atom is -0.480 e.